The summed E-state index contributed by atoms with van der Waals surface area (Å²) < 4.78 is 19.0. The van der Waals surface area contributed by atoms with Gasteiger partial charge in [-0.05, 0) is 68.8 Å². The maximum atomic E-state index is 13.0. The van der Waals surface area contributed by atoms with Gasteiger partial charge in [0, 0.05) is 41.2 Å². The Morgan fingerprint density at radius 1 is 1.10 bits per heavy atom. The monoisotopic (exact) mass is 392 g/mol. The summed E-state index contributed by atoms with van der Waals surface area (Å²) >= 11 is 0. The minimum absolute atomic E-state index is 0.0391. The summed E-state index contributed by atoms with van der Waals surface area (Å²) in [6.07, 6.45) is 6.28. The van der Waals surface area contributed by atoms with Crippen LogP contribution >= 0.6 is 0 Å². The Balaban J connectivity index is 1.21. The number of hydrogen-bond donors (Lipinski definition) is 0. The molecule has 1 saturated heterocycles. The fourth-order valence-corrected chi connectivity index (χ4v) is 3.96. The quantitative estimate of drug-likeness (QED) is 0.430. The Morgan fingerprint density at radius 3 is 2.69 bits per heavy atom. The number of aromatic nitrogens is 1. The molecule has 0 unspecified atom stereocenters. The molecule has 2 aromatic carbocycles. The first-order valence-corrected chi connectivity index (χ1v) is 10.2. The summed E-state index contributed by atoms with van der Waals surface area (Å²) in [5.41, 5.74) is 0.614. The second kappa shape index (κ2) is 9.14. The molecule has 5 heteroatoms. The van der Waals surface area contributed by atoms with Gasteiger partial charge in [-0.2, -0.15) is 0 Å². The Morgan fingerprint density at radius 2 is 1.90 bits per heavy atom. The van der Waals surface area contributed by atoms with E-state index in [0.717, 1.165) is 55.4 Å². The maximum Gasteiger partial charge on any atom is 0.166 e. The van der Waals surface area contributed by atoms with Crippen molar-refractivity contribution in [2.24, 2.45) is 5.92 Å². The van der Waals surface area contributed by atoms with E-state index in [1.165, 1.54) is 12.1 Å². The summed E-state index contributed by atoms with van der Waals surface area (Å²) in [7, 11) is 0. The number of Topliss-reactive ketones (excluding diaryl/α,β-unsaturated/α-hetero) is 1. The highest BCUT2D eigenvalue weighted by Gasteiger charge is 2.25. The van der Waals surface area contributed by atoms with Gasteiger partial charge in [0.1, 0.15) is 11.6 Å². The fraction of sp³-hybridized carbons (Fsp3) is 0.333. The van der Waals surface area contributed by atoms with Gasteiger partial charge in [0.15, 0.2) is 5.78 Å². The number of ketones is 1. The van der Waals surface area contributed by atoms with Gasteiger partial charge in [0.25, 0.3) is 0 Å². The highest BCUT2D eigenvalue weighted by molar-refractivity contribution is 5.97. The Bertz CT molecular complexity index is 961. The smallest absolute Gasteiger partial charge is 0.166 e. The van der Waals surface area contributed by atoms with Gasteiger partial charge >= 0.3 is 0 Å². The molecule has 0 spiro atoms. The van der Waals surface area contributed by atoms with E-state index >= 15 is 0 Å². The average Bonchev–Trinajstić information content (AvgIpc) is 2.77. The number of nitrogens with zero attached hydrogens (tertiary/aromatic N) is 2. The van der Waals surface area contributed by atoms with E-state index in [1.807, 2.05) is 30.5 Å². The predicted molar refractivity (Wildman–Crippen MR) is 112 cm³/mol. The number of benzene rings is 2. The number of pyridine rings is 1. The molecule has 1 aliphatic rings. The molecule has 0 bridgehead atoms. The zero-order valence-electron chi connectivity index (χ0n) is 16.4. The van der Waals surface area contributed by atoms with E-state index in [-0.39, 0.29) is 17.5 Å². The number of carbonyl (C=O) groups is 1. The highest BCUT2D eigenvalue weighted by Crippen LogP contribution is 2.25. The molecule has 2 heterocycles. The molecular formula is C24H25FN2O2. The summed E-state index contributed by atoms with van der Waals surface area (Å²) in [5, 5.41) is 2.17. The number of ether oxygens (including phenoxy) is 1. The molecule has 1 aromatic heterocycles. The molecule has 4 rings (SSSR count). The van der Waals surface area contributed by atoms with E-state index in [9.17, 15) is 9.18 Å². The van der Waals surface area contributed by atoms with Crippen molar-refractivity contribution in [2.75, 3.05) is 26.2 Å². The van der Waals surface area contributed by atoms with Crippen molar-refractivity contribution < 1.29 is 13.9 Å². The van der Waals surface area contributed by atoms with Crippen LogP contribution in [0, 0.1) is 11.7 Å². The SMILES string of the molecule is O=C(c1ccc(F)cc1)C1CCN(CCCOc2cccc3cnccc23)CC1. The maximum absolute atomic E-state index is 13.0. The first-order valence-electron chi connectivity index (χ1n) is 10.2. The number of piperidine rings is 1. The third-order valence-electron chi connectivity index (χ3n) is 5.60. The first-order chi connectivity index (χ1) is 14.2. The van der Waals surface area contributed by atoms with E-state index in [4.69, 9.17) is 4.74 Å². The normalized spacial score (nSPS) is 15.5. The van der Waals surface area contributed by atoms with E-state index in [2.05, 4.69) is 9.88 Å². The average molecular weight is 392 g/mol. The highest BCUT2D eigenvalue weighted by atomic mass is 19.1. The molecule has 3 aromatic rings. The van der Waals surface area contributed by atoms with Crippen molar-refractivity contribution >= 4 is 16.6 Å². The topological polar surface area (TPSA) is 42.4 Å². The van der Waals surface area contributed by atoms with Gasteiger partial charge in [-0.25, -0.2) is 4.39 Å². The molecule has 0 saturated carbocycles. The van der Waals surface area contributed by atoms with Crippen LogP contribution in [0.15, 0.2) is 60.9 Å². The van der Waals surface area contributed by atoms with Crippen LogP contribution in [-0.2, 0) is 0 Å². The predicted octanol–water partition coefficient (Wildman–Crippen LogP) is 4.74. The zero-order valence-corrected chi connectivity index (χ0v) is 16.4. The van der Waals surface area contributed by atoms with Gasteiger partial charge < -0.3 is 9.64 Å². The lowest BCUT2D eigenvalue weighted by Gasteiger charge is -2.31. The molecule has 0 aliphatic carbocycles. The first kappa shape index (κ1) is 19.5. The zero-order chi connectivity index (χ0) is 20.1. The van der Waals surface area contributed by atoms with Crippen LogP contribution in [0.1, 0.15) is 29.6 Å². The Kier molecular flexibility index (Phi) is 6.15. The number of carbonyl (C=O) groups excluding carboxylic acids is 1. The fourth-order valence-electron chi connectivity index (χ4n) is 3.96. The molecule has 0 N–H and O–H groups in total. The van der Waals surface area contributed by atoms with Crippen LogP contribution in [0.2, 0.25) is 0 Å². The van der Waals surface area contributed by atoms with Crippen LogP contribution in [0.3, 0.4) is 0 Å². The van der Waals surface area contributed by atoms with Gasteiger partial charge in [-0.15, -0.1) is 0 Å². The van der Waals surface area contributed by atoms with Gasteiger partial charge in [-0.1, -0.05) is 12.1 Å². The van der Waals surface area contributed by atoms with Crippen LogP contribution in [-0.4, -0.2) is 41.9 Å². The van der Waals surface area contributed by atoms with Crippen LogP contribution < -0.4 is 4.74 Å². The molecule has 1 fully saturated rings. The summed E-state index contributed by atoms with van der Waals surface area (Å²) in [5.74, 6) is 0.767. The van der Waals surface area contributed by atoms with Crippen LogP contribution in [0.25, 0.3) is 10.8 Å². The van der Waals surface area contributed by atoms with Crippen LogP contribution in [0.4, 0.5) is 4.39 Å². The number of likely N-dealkylation sites (tertiary alicyclic amines) is 1. The van der Waals surface area contributed by atoms with Crippen molar-refractivity contribution in [3.05, 3.63) is 72.3 Å². The molecule has 0 atom stereocenters. The lowest BCUT2D eigenvalue weighted by molar-refractivity contribution is 0.0835. The number of fused-ring (bicyclic) bond motifs is 1. The third kappa shape index (κ3) is 4.80. The Hall–Kier alpha value is -2.79. The van der Waals surface area contributed by atoms with Crippen molar-refractivity contribution in [1.82, 2.24) is 9.88 Å². The molecule has 0 amide bonds. The van der Waals surface area contributed by atoms with Gasteiger partial charge in [-0.3, -0.25) is 9.78 Å². The van der Waals surface area contributed by atoms with Gasteiger partial charge in [0.05, 0.1) is 6.61 Å². The molecular weight excluding hydrogens is 367 g/mol. The van der Waals surface area contributed by atoms with E-state index in [1.54, 1.807) is 18.3 Å². The summed E-state index contributed by atoms with van der Waals surface area (Å²) in [6, 6.07) is 13.9. The minimum Gasteiger partial charge on any atom is -0.493 e. The summed E-state index contributed by atoms with van der Waals surface area (Å²) in [4.78, 5) is 19.1. The second-order valence-corrected chi connectivity index (χ2v) is 7.54. The Labute approximate surface area is 170 Å². The number of halogens is 1. The van der Waals surface area contributed by atoms with Gasteiger partial charge in [0.2, 0.25) is 0 Å². The third-order valence-corrected chi connectivity index (χ3v) is 5.60. The lowest BCUT2D eigenvalue weighted by Crippen LogP contribution is -2.37. The molecule has 1 aliphatic heterocycles. The van der Waals surface area contributed by atoms with Crippen molar-refractivity contribution in [2.45, 2.75) is 19.3 Å². The van der Waals surface area contributed by atoms with Crippen LogP contribution in [0.5, 0.6) is 5.75 Å². The number of rotatable bonds is 7. The molecule has 4 nitrogen and oxygen atoms in total. The van der Waals surface area contributed by atoms with Crippen molar-refractivity contribution in [1.29, 1.82) is 0 Å². The number of hydrogen-bond acceptors (Lipinski definition) is 4. The lowest BCUT2D eigenvalue weighted by atomic mass is 9.89. The summed E-state index contributed by atoms with van der Waals surface area (Å²) in [6.45, 7) is 3.45. The van der Waals surface area contributed by atoms with Crippen molar-refractivity contribution in [3.8, 4) is 5.75 Å². The van der Waals surface area contributed by atoms with E-state index in [0.29, 0.717) is 12.2 Å². The van der Waals surface area contributed by atoms with Crippen molar-refractivity contribution in [3.63, 3.8) is 0 Å². The molecule has 150 valence electrons. The largest absolute Gasteiger partial charge is 0.493 e. The molecule has 0 radical (unpaired) electrons. The van der Waals surface area contributed by atoms with E-state index < -0.39 is 0 Å². The molecule has 29 heavy (non-hydrogen) atoms. The minimum atomic E-state index is -0.307. The second-order valence-electron chi connectivity index (χ2n) is 7.54. The standard InChI is InChI=1S/C24H25FN2O2/c25-21-7-5-18(6-8-21)24(28)19-10-14-27(15-11-19)13-2-16-29-23-4-1-3-20-17-26-12-9-22(20)23/h1,3-9,12,17,19H,2,10-11,13-16H2.